The first-order valence-corrected chi connectivity index (χ1v) is 8.40. The summed E-state index contributed by atoms with van der Waals surface area (Å²) in [6.45, 7) is 0. The molecule has 1 amide bonds. The zero-order valence-electron chi connectivity index (χ0n) is 13.5. The Hall–Kier alpha value is -2.62. The number of rotatable bonds is 4. The average Bonchev–Trinajstić information content (AvgIpc) is 2.63. The number of ether oxygens (including phenoxy) is 1. The Morgan fingerprint density at radius 3 is 2.29 bits per heavy atom. The van der Waals surface area contributed by atoms with E-state index in [0.29, 0.717) is 16.8 Å². The van der Waals surface area contributed by atoms with Gasteiger partial charge in [-0.15, -0.1) is 0 Å². The van der Waals surface area contributed by atoms with Crippen LogP contribution in [-0.2, 0) is 4.74 Å². The van der Waals surface area contributed by atoms with Crippen LogP contribution in [0.2, 0.25) is 0 Å². The van der Waals surface area contributed by atoms with Gasteiger partial charge in [-0.25, -0.2) is 4.79 Å². The summed E-state index contributed by atoms with van der Waals surface area (Å²) in [5.74, 6) is -0.612. The van der Waals surface area contributed by atoms with Crippen LogP contribution in [0.15, 0.2) is 54.6 Å². The highest BCUT2D eigenvalue weighted by Gasteiger charge is 2.21. The smallest absolute Gasteiger partial charge is 0.340 e. The number of nitrogens with one attached hydrogen (secondary N) is 1. The van der Waals surface area contributed by atoms with Crippen LogP contribution in [0.1, 0.15) is 52.8 Å². The van der Waals surface area contributed by atoms with E-state index in [0.717, 1.165) is 25.7 Å². The number of para-hydroxylation sites is 1. The largest absolute Gasteiger partial charge is 0.459 e. The number of hydrogen-bond acceptors (Lipinski definition) is 3. The molecule has 0 aromatic heterocycles. The molecule has 0 aliphatic heterocycles. The van der Waals surface area contributed by atoms with Gasteiger partial charge in [0.05, 0.1) is 11.3 Å². The molecule has 0 spiro atoms. The van der Waals surface area contributed by atoms with Crippen molar-refractivity contribution in [2.45, 2.75) is 38.2 Å². The normalized spacial score (nSPS) is 14.8. The Morgan fingerprint density at radius 2 is 1.54 bits per heavy atom. The van der Waals surface area contributed by atoms with Crippen molar-refractivity contribution < 1.29 is 14.3 Å². The fraction of sp³-hybridized carbons (Fsp3) is 0.300. The standard InChI is InChI=1S/C20H21NO3/c22-19(15-9-3-1-4-10-15)21-18-14-8-7-13-17(18)20(23)24-16-11-5-2-6-12-16/h1,3-4,7-10,13-14,16H,2,5-6,11-12H2,(H,21,22). The summed E-state index contributed by atoms with van der Waals surface area (Å²) in [5.41, 5.74) is 1.42. The maximum atomic E-state index is 12.5. The van der Waals surface area contributed by atoms with E-state index in [4.69, 9.17) is 4.74 Å². The predicted octanol–water partition coefficient (Wildman–Crippen LogP) is 4.43. The lowest BCUT2D eigenvalue weighted by Crippen LogP contribution is -2.22. The molecule has 1 fully saturated rings. The highest BCUT2D eigenvalue weighted by molar-refractivity contribution is 6.07. The first kappa shape index (κ1) is 16.2. The summed E-state index contributed by atoms with van der Waals surface area (Å²) in [6.07, 6.45) is 5.24. The Balaban J connectivity index is 1.72. The van der Waals surface area contributed by atoms with Gasteiger partial charge < -0.3 is 10.1 Å². The highest BCUT2D eigenvalue weighted by Crippen LogP contribution is 2.23. The molecule has 1 aliphatic carbocycles. The maximum absolute atomic E-state index is 12.5. The van der Waals surface area contributed by atoms with Crippen LogP contribution >= 0.6 is 0 Å². The number of esters is 1. The van der Waals surface area contributed by atoms with Gasteiger partial charge in [0, 0.05) is 5.56 Å². The van der Waals surface area contributed by atoms with E-state index < -0.39 is 0 Å². The topological polar surface area (TPSA) is 55.4 Å². The highest BCUT2D eigenvalue weighted by atomic mass is 16.5. The average molecular weight is 323 g/mol. The molecule has 1 N–H and O–H groups in total. The Bertz CT molecular complexity index is 706. The molecular weight excluding hydrogens is 302 g/mol. The molecule has 0 radical (unpaired) electrons. The third-order valence-electron chi connectivity index (χ3n) is 4.26. The zero-order chi connectivity index (χ0) is 16.8. The lowest BCUT2D eigenvalue weighted by molar-refractivity contribution is 0.0212. The van der Waals surface area contributed by atoms with E-state index in [-0.39, 0.29) is 18.0 Å². The summed E-state index contributed by atoms with van der Waals surface area (Å²) in [6, 6.07) is 15.9. The number of carbonyl (C=O) groups excluding carboxylic acids is 2. The van der Waals surface area contributed by atoms with Gasteiger partial charge in [-0.1, -0.05) is 36.8 Å². The molecule has 1 aliphatic rings. The summed E-state index contributed by atoms with van der Waals surface area (Å²) < 4.78 is 5.62. The third-order valence-corrected chi connectivity index (χ3v) is 4.26. The van der Waals surface area contributed by atoms with E-state index in [2.05, 4.69) is 5.32 Å². The zero-order valence-corrected chi connectivity index (χ0v) is 13.5. The molecule has 1 saturated carbocycles. The molecule has 124 valence electrons. The Labute approximate surface area is 141 Å². The van der Waals surface area contributed by atoms with Gasteiger partial charge in [-0.05, 0) is 49.9 Å². The molecule has 24 heavy (non-hydrogen) atoms. The van der Waals surface area contributed by atoms with Crippen molar-refractivity contribution in [1.29, 1.82) is 0 Å². The quantitative estimate of drug-likeness (QED) is 0.847. The van der Waals surface area contributed by atoms with Crippen LogP contribution in [-0.4, -0.2) is 18.0 Å². The van der Waals surface area contributed by atoms with Gasteiger partial charge in [0.15, 0.2) is 0 Å². The summed E-state index contributed by atoms with van der Waals surface area (Å²) in [5, 5.41) is 2.81. The lowest BCUT2D eigenvalue weighted by Gasteiger charge is -2.22. The maximum Gasteiger partial charge on any atom is 0.340 e. The molecule has 4 nitrogen and oxygen atoms in total. The minimum Gasteiger partial charge on any atom is -0.459 e. The monoisotopic (exact) mass is 323 g/mol. The van der Waals surface area contributed by atoms with E-state index in [1.54, 1.807) is 48.5 Å². The molecule has 2 aromatic rings. The van der Waals surface area contributed by atoms with Crippen LogP contribution in [0, 0.1) is 0 Å². The molecule has 2 aromatic carbocycles. The number of hydrogen-bond donors (Lipinski definition) is 1. The molecule has 0 saturated heterocycles. The van der Waals surface area contributed by atoms with E-state index in [1.807, 2.05) is 6.07 Å². The first-order chi connectivity index (χ1) is 11.7. The van der Waals surface area contributed by atoms with E-state index in [1.165, 1.54) is 6.42 Å². The minimum absolute atomic E-state index is 0.0101. The van der Waals surface area contributed by atoms with Crippen molar-refractivity contribution in [3.05, 3.63) is 65.7 Å². The summed E-state index contributed by atoms with van der Waals surface area (Å²) in [4.78, 5) is 24.8. The number of benzene rings is 2. The SMILES string of the molecule is O=C(Nc1ccccc1C(=O)OC1CCCCC1)c1ccccc1. The van der Waals surface area contributed by atoms with E-state index >= 15 is 0 Å². The molecule has 0 unspecified atom stereocenters. The molecular formula is C20H21NO3. The molecule has 0 atom stereocenters. The lowest BCUT2D eigenvalue weighted by atomic mass is 9.98. The number of amides is 1. The fourth-order valence-corrected chi connectivity index (χ4v) is 2.95. The van der Waals surface area contributed by atoms with Gasteiger partial charge in [0.1, 0.15) is 6.10 Å². The third kappa shape index (κ3) is 4.02. The van der Waals surface area contributed by atoms with Gasteiger partial charge >= 0.3 is 5.97 Å². The molecule has 0 bridgehead atoms. The van der Waals surface area contributed by atoms with Crippen molar-refractivity contribution >= 4 is 17.6 Å². The fourth-order valence-electron chi connectivity index (χ4n) is 2.95. The second-order valence-corrected chi connectivity index (χ2v) is 6.03. The molecule has 4 heteroatoms. The van der Waals surface area contributed by atoms with Crippen LogP contribution in [0.4, 0.5) is 5.69 Å². The van der Waals surface area contributed by atoms with Crippen LogP contribution in [0.5, 0.6) is 0 Å². The molecule has 0 heterocycles. The van der Waals surface area contributed by atoms with Crippen molar-refractivity contribution in [2.24, 2.45) is 0 Å². The van der Waals surface area contributed by atoms with Crippen molar-refractivity contribution in [3.8, 4) is 0 Å². The number of carbonyl (C=O) groups is 2. The summed E-state index contributed by atoms with van der Waals surface area (Å²) in [7, 11) is 0. The molecule has 3 rings (SSSR count). The number of anilines is 1. The minimum atomic E-state index is -0.370. The van der Waals surface area contributed by atoms with Gasteiger partial charge in [0.25, 0.3) is 5.91 Å². The van der Waals surface area contributed by atoms with Crippen LogP contribution in [0.25, 0.3) is 0 Å². The first-order valence-electron chi connectivity index (χ1n) is 8.40. The van der Waals surface area contributed by atoms with Gasteiger partial charge in [-0.2, -0.15) is 0 Å². The van der Waals surface area contributed by atoms with Crippen LogP contribution < -0.4 is 5.32 Å². The Kier molecular flexibility index (Phi) is 5.26. The second-order valence-electron chi connectivity index (χ2n) is 6.03. The van der Waals surface area contributed by atoms with E-state index in [9.17, 15) is 9.59 Å². The van der Waals surface area contributed by atoms with Crippen LogP contribution in [0.3, 0.4) is 0 Å². The van der Waals surface area contributed by atoms with Crippen molar-refractivity contribution in [1.82, 2.24) is 0 Å². The van der Waals surface area contributed by atoms with Crippen molar-refractivity contribution in [3.63, 3.8) is 0 Å². The summed E-state index contributed by atoms with van der Waals surface area (Å²) >= 11 is 0. The second kappa shape index (κ2) is 7.77. The van der Waals surface area contributed by atoms with Crippen molar-refractivity contribution in [2.75, 3.05) is 5.32 Å². The van der Waals surface area contributed by atoms with Gasteiger partial charge in [0.2, 0.25) is 0 Å². The Morgan fingerprint density at radius 1 is 0.875 bits per heavy atom. The predicted molar refractivity (Wildman–Crippen MR) is 93.1 cm³/mol. The van der Waals surface area contributed by atoms with Gasteiger partial charge in [-0.3, -0.25) is 4.79 Å².